The molecule has 6 nitrogen and oxygen atoms in total. The van der Waals surface area contributed by atoms with Gasteiger partial charge in [-0.3, -0.25) is 9.59 Å². The highest BCUT2D eigenvalue weighted by molar-refractivity contribution is 6.35. The molecule has 2 N–H and O–H groups in total. The number of rotatable bonds is 4. The Morgan fingerprint density at radius 3 is 2.58 bits per heavy atom. The molecule has 0 aliphatic carbocycles. The maximum atomic E-state index is 13.0. The predicted octanol–water partition coefficient (Wildman–Crippen LogP) is 3.12. The van der Waals surface area contributed by atoms with Gasteiger partial charge in [-0.25, -0.2) is 4.99 Å². The van der Waals surface area contributed by atoms with Crippen LogP contribution in [0.15, 0.2) is 28.0 Å². The van der Waals surface area contributed by atoms with Gasteiger partial charge in [0.1, 0.15) is 6.04 Å². The summed E-state index contributed by atoms with van der Waals surface area (Å²) in [4.78, 5) is 31.5. The highest BCUT2D eigenvalue weighted by Gasteiger charge is 2.32. The molecule has 1 amide bonds. The quantitative estimate of drug-likeness (QED) is 0.623. The first-order chi connectivity index (χ1) is 12.0. The molecule has 1 aromatic heterocycles. The highest BCUT2D eigenvalue weighted by Crippen LogP contribution is 2.36. The molecule has 0 bridgehead atoms. The van der Waals surface area contributed by atoms with Crippen LogP contribution in [0.4, 0.5) is 18.9 Å². The summed E-state index contributed by atoms with van der Waals surface area (Å²) in [5.74, 6) is -0.551. The molecule has 1 aromatic carbocycles. The number of aliphatic imine (C=N–C) groups is 1. The van der Waals surface area contributed by atoms with E-state index >= 15 is 0 Å². The number of alkyl halides is 3. The third-order valence-corrected chi connectivity index (χ3v) is 3.69. The molecule has 0 spiro atoms. The second-order valence-corrected chi connectivity index (χ2v) is 6.25. The molecule has 0 unspecified atom stereocenters. The Balaban J connectivity index is 2.51. The fourth-order valence-electron chi connectivity index (χ4n) is 2.18. The lowest BCUT2D eigenvalue weighted by molar-refractivity contribution is -0.137. The molecule has 0 aliphatic heterocycles. The van der Waals surface area contributed by atoms with Gasteiger partial charge in [-0.05, 0) is 19.1 Å². The second kappa shape index (κ2) is 7.36. The van der Waals surface area contributed by atoms with Crippen LogP contribution in [0.2, 0.25) is 5.02 Å². The lowest BCUT2D eigenvalue weighted by Crippen LogP contribution is -2.26. The minimum atomic E-state index is -4.61. The third kappa shape index (κ3) is 4.54. The van der Waals surface area contributed by atoms with Gasteiger partial charge in [-0.15, -0.1) is 0 Å². The van der Waals surface area contributed by atoms with Crippen molar-refractivity contribution in [2.24, 2.45) is 4.99 Å². The van der Waals surface area contributed by atoms with E-state index in [0.717, 1.165) is 18.2 Å². The number of fused-ring (bicyclic) bond motifs is 1. The fourth-order valence-corrected chi connectivity index (χ4v) is 2.44. The summed E-state index contributed by atoms with van der Waals surface area (Å²) < 4.78 is 39.1. The van der Waals surface area contributed by atoms with Crippen molar-refractivity contribution in [3.8, 4) is 0 Å². The van der Waals surface area contributed by atoms with E-state index in [1.54, 1.807) is 19.0 Å². The zero-order chi connectivity index (χ0) is 19.6. The average molecular weight is 389 g/mol. The van der Waals surface area contributed by atoms with Crippen molar-refractivity contribution in [1.29, 1.82) is 0 Å². The van der Waals surface area contributed by atoms with E-state index in [2.05, 4.69) is 15.3 Å². The zero-order valence-corrected chi connectivity index (χ0v) is 14.9. The summed E-state index contributed by atoms with van der Waals surface area (Å²) in [5.41, 5.74) is -1.43. The molecule has 26 heavy (non-hydrogen) atoms. The topological polar surface area (TPSA) is 77.6 Å². The molecule has 0 saturated heterocycles. The van der Waals surface area contributed by atoms with Crippen molar-refractivity contribution in [3.05, 3.63) is 39.1 Å². The van der Waals surface area contributed by atoms with Crippen LogP contribution >= 0.6 is 11.6 Å². The van der Waals surface area contributed by atoms with Crippen molar-refractivity contribution in [2.45, 2.75) is 19.1 Å². The lowest BCUT2D eigenvalue weighted by atomic mass is 10.1. The van der Waals surface area contributed by atoms with Crippen LogP contribution in [0.25, 0.3) is 10.9 Å². The summed E-state index contributed by atoms with van der Waals surface area (Å²) in [7, 11) is 3.36. The first kappa shape index (κ1) is 19.8. The van der Waals surface area contributed by atoms with Crippen molar-refractivity contribution in [3.63, 3.8) is 0 Å². The molecule has 1 heterocycles. The monoisotopic (exact) mass is 388 g/mol. The van der Waals surface area contributed by atoms with Gasteiger partial charge in [-0.1, -0.05) is 11.6 Å². The molecule has 1 atom stereocenters. The van der Waals surface area contributed by atoms with Gasteiger partial charge in [0.2, 0.25) is 0 Å². The normalized spacial score (nSPS) is 13.2. The number of amides is 1. The maximum Gasteiger partial charge on any atom is 0.416 e. The Morgan fingerprint density at radius 1 is 1.35 bits per heavy atom. The molecule has 10 heteroatoms. The van der Waals surface area contributed by atoms with Crippen LogP contribution in [-0.2, 0) is 11.0 Å². The van der Waals surface area contributed by atoms with Gasteiger partial charge in [0.05, 0.1) is 22.4 Å². The third-order valence-electron chi connectivity index (χ3n) is 3.39. The largest absolute Gasteiger partial charge is 0.416 e. The molecule has 0 aliphatic rings. The van der Waals surface area contributed by atoms with Crippen LogP contribution in [0.1, 0.15) is 12.5 Å². The van der Waals surface area contributed by atoms with E-state index in [4.69, 9.17) is 11.6 Å². The number of aromatic nitrogens is 1. The minimum Gasteiger partial charge on any atom is -0.373 e. The minimum absolute atomic E-state index is 0.0423. The van der Waals surface area contributed by atoms with Gasteiger partial charge in [0.15, 0.2) is 0 Å². The number of hydrogen-bond donors (Lipinski definition) is 2. The molecule has 0 saturated carbocycles. The molecular formula is C16H16ClF3N4O2. The van der Waals surface area contributed by atoms with E-state index in [9.17, 15) is 22.8 Å². The van der Waals surface area contributed by atoms with Crippen LogP contribution in [0.3, 0.4) is 0 Å². The molecule has 140 valence electrons. The first-order valence-corrected chi connectivity index (χ1v) is 7.81. The summed E-state index contributed by atoms with van der Waals surface area (Å²) in [6, 6.07) is 1.79. The Morgan fingerprint density at radius 2 is 2.00 bits per heavy atom. The number of pyridine rings is 1. The van der Waals surface area contributed by atoms with Crippen LogP contribution in [-0.4, -0.2) is 42.3 Å². The number of carbonyl (C=O) groups is 1. The van der Waals surface area contributed by atoms with E-state index in [1.807, 2.05) is 0 Å². The van der Waals surface area contributed by atoms with Crippen LogP contribution < -0.4 is 10.9 Å². The van der Waals surface area contributed by atoms with E-state index in [1.165, 1.54) is 13.3 Å². The van der Waals surface area contributed by atoms with Gasteiger partial charge in [0.25, 0.3) is 11.5 Å². The number of carbonyl (C=O) groups excluding carboxylic acids is 1. The molecule has 2 rings (SSSR count). The molecule has 2 aromatic rings. The van der Waals surface area contributed by atoms with Gasteiger partial charge in [-0.2, -0.15) is 13.2 Å². The van der Waals surface area contributed by atoms with E-state index < -0.39 is 29.2 Å². The number of aromatic amines is 1. The number of benzene rings is 1. The zero-order valence-electron chi connectivity index (χ0n) is 14.1. The smallest absolute Gasteiger partial charge is 0.373 e. The van der Waals surface area contributed by atoms with Crippen LogP contribution in [0, 0.1) is 0 Å². The standard InChI is InChI=1S/C16H16ClF3N4O2/c1-8(15(26)21-7-24(2)3)22-12-6-13(25)23-14-10(12)4-9(5-11(14)17)16(18,19)20/h4-8H,1-3H3,(H2,22,23,25)/b21-7+/t8-/m0/s1. The Kier molecular flexibility index (Phi) is 5.60. The predicted molar refractivity (Wildman–Crippen MR) is 94.9 cm³/mol. The van der Waals surface area contributed by atoms with Crippen molar-refractivity contribution in [2.75, 3.05) is 19.4 Å². The number of anilines is 1. The Hall–Kier alpha value is -2.55. The number of H-pyrrole nitrogens is 1. The first-order valence-electron chi connectivity index (χ1n) is 7.44. The van der Waals surface area contributed by atoms with Crippen molar-refractivity contribution < 1.29 is 18.0 Å². The van der Waals surface area contributed by atoms with E-state index in [-0.39, 0.29) is 21.6 Å². The van der Waals surface area contributed by atoms with Gasteiger partial charge in [0, 0.05) is 31.2 Å². The number of hydrogen-bond acceptors (Lipinski definition) is 3. The maximum absolute atomic E-state index is 13.0. The fraction of sp³-hybridized carbons (Fsp3) is 0.312. The Labute approximate surface area is 151 Å². The SMILES string of the molecule is C[C@H](Nc1cc(=O)[nH]c2c(Cl)cc(C(F)(F)F)cc12)C(=O)/N=C/N(C)C. The summed E-state index contributed by atoms with van der Waals surface area (Å²) in [6.07, 6.45) is -3.31. The lowest BCUT2D eigenvalue weighted by Gasteiger charge is -2.16. The molecule has 0 fully saturated rings. The number of halogens is 4. The second-order valence-electron chi connectivity index (χ2n) is 5.84. The molecule has 0 radical (unpaired) electrons. The van der Waals surface area contributed by atoms with Crippen molar-refractivity contribution >= 4 is 40.4 Å². The molecular weight excluding hydrogens is 373 g/mol. The van der Waals surface area contributed by atoms with Gasteiger partial charge < -0.3 is 15.2 Å². The van der Waals surface area contributed by atoms with Crippen molar-refractivity contribution in [1.82, 2.24) is 9.88 Å². The van der Waals surface area contributed by atoms with Gasteiger partial charge >= 0.3 is 6.18 Å². The summed E-state index contributed by atoms with van der Waals surface area (Å²) >= 11 is 5.90. The van der Waals surface area contributed by atoms with Crippen LogP contribution in [0.5, 0.6) is 0 Å². The summed E-state index contributed by atoms with van der Waals surface area (Å²) in [6.45, 7) is 1.48. The Bertz CT molecular complexity index is 922. The highest BCUT2D eigenvalue weighted by atomic mass is 35.5. The summed E-state index contributed by atoms with van der Waals surface area (Å²) in [5, 5.41) is 2.52. The number of nitrogens with one attached hydrogen (secondary N) is 2. The number of nitrogens with zero attached hydrogens (tertiary/aromatic N) is 2. The van der Waals surface area contributed by atoms with E-state index in [0.29, 0.717) is 0 Å². The average Bonchev–Trinajstić information content (AvgIpc) is 2.52.